The summed E-state index contributed by atoms with van der Waals surface area (Å²) >= 11 is 0. The minimum Gasteiger partial charge on any atom is -0.478 e. The number of benzene rings is 2. The van der Waals surface area contributed by atoms with Crippen LogP contribution in [-0.2, 0) is 0 Å². The summed E-state index contributed by atoms with van der Waals surface area (Å²) in [5, 5.41) is 12.0. The van der Waals surface area contributed by atoms with Gasteiger partial charge in [-0.1, -0.05) is 24.3 Å². The molecule has 0 saturated carbocycles. The van der Waals surface area contributed by atoms with Crippen LogP contribution in [0.5, 0.6) is 0 Å². The van der Waals surface area contributed by atoms with Gasteiger partial charge in [-0.15, -0.1) is 0 Å². The molecular formula is C15H14FNO2. The zero-order chi connectivity index (χ0) is 13.8. The predicted octanol–water partition coefficient (Wildman–Crippen LogP) is 2.83. The first-order chi connectivity index (χ1) is 9.11. The molecule has 0 fully saturated rings. The summed E-state index contributed by atoms with van der Waals surface area (Å²) in [6, 6.07) is 12.8. The summed E-state index contributed by atoms with van der Waals surface area (Å²) in [6.45, 7) is 0. The molecule has 2 rings (SSSR count). The fourth-order valence-corrected chi connectivity index (χ4v) is 2.00. The normalized spacial score (nSPS) is 12.1. The Labute approximate surface area is 110 Å². The second-order valence-corrected chi connectivity index (χ2v) is 4.20. The van der Waals surface area contributed by atoms with Crippen LogP contribution in [0, 0.1) is 5.82 Å². The van der Waals surface area contributed by atoms with Gasteiger partial charge >= 0.3 is 5.97 Å². The van der Waals surface area contributed by atoms with Crippen LogP contribution in [-0.4, -0.2) is 18.1 Å². The molecule has 3 nitrogen and oxygen atoms in total. The van der Waals surface area contributed by atoms with Crippen LogP contribution in [0.15, 0.2) is 48.5 Å². The van der Waals surface area contributed by atoms with Crippen molar-refractivity contribution in [2.45, 2.75) is 6.04 Å². The lowest BCUT2D eigenvalue weighted by Crippen LogP contribution is -2.17. The summed E-state index contributed by atoms with van der Waals surface area (Å²) in [7, 11) is 1.80. The van der Waals surface area contributed by atoms with Crippen molar-refractivity contribution in [1.82, 2.24) is 5.32 Å². The highest BCUT2D eigenvalue weighted by Gasteiger charge is 2.12. The average Bonchev–Trinajstić information content (AvgIpc) is 2.42. The first-order valence-corrected chi connectivity index (χ1v) is 5.88. The van der Waals surface area contributed by atoms with Crippen molar-refractivity contribution in [3.05, 3.63) is 71.0 Å². The van der Waals surface area contributed by atoms with Crippen molar-refractivity contribution in [3.63, 3.8) is 0 Å². The molecule has 0 aliphatic carbocycles. The Morgan fingerprint density at radius 2 is 1.53 bits per heavy atom. The number of hydrogen-bond acceptors (Lipinski definition) is 2. The number of nitrogens with one attached hydrogen (secondary N) is 1. The van der Waals surface area contributed by atoms with Crippen molar-refractivity contribution in [2.24, 2.45) is 0 Å². The summed E-state index contributed by atoms with van der Waals surface area (Å²) in [5.41, 5.74) is 2.10. The van der Waals surface area contributed by atoms with Gasteiger partial charge in [-0.25, -0.2) is 9.18 Å². The van der Waals surface area contributed by atoms with E-state index in [2.05, 4.69) is 5.32 Å². The van der Waals surface area contributed by atoms with E-state index in [1.165, 1.54) is 12.1 Å². The standard InChI is InChI=1S/C15H14FNO2/c1-17-14(11-6-8-13(16)9-7-11)10-2-4-12(5-3-10)15(18)19/h2-9,14,17H,1H3,(H,18,19). The maximum absolute atomic E-state index is 12.9. The Balaban J connectivity index is 2.31. The Morgan fingerprint density at radius 3 is 1.95 bits per heavy atom. The molecule has 0 aromatic heterocycles. The molecule has 0 heterocycles. The van der Waals surface area contributed by atoms with Gasteiger partial charge in [0, 0.05) is 0 Å². The van der Waals surface area contributed by atoms with Crippen LogP contribution in [0.25, 0.3) is 0 Å². The van der Waals surface area contributed by atoms with E-state index in [-0.39, 0.29) is 17.4 Å². The number of carbonyl (C=O) groups is 1. The number of hydrogen-bond donors (Lipinski definition) is 2. The van der Waals surface area contributed by atoms with Gasteiger partial charge in [-0.2, -0.15) is 0 Å². The van der Waals surface area contributed by atoms with E-state index in [0.29, 0.717) is 0 Å². The highest BCUT2D eigenvalue weighted by atomic mass is 19.1. The van der Waals surface area contributed by atoms with E-state index in [4.69, 9.17) is 5.11 Å². The highest BCUT2D eigenvalue weighted by Crippen LogP contribution is 2.22. The van der Waals surface area contributed by atoms with Crippen LogP contribution in [0.2, 0.25) is 0 Å². The number of carboxylic acid groups (broad SMARTS) is 1. The molecule has 0 bridgehead atoms. The molecule has 2 N–H and O–H groups in total. The van der Waals surface area contributed by atoms with Gasteiger partial charge in [0.1, 0.15) is 5.82 Å². The van der Waals surface area contributed by atoms with Crippen LogP contribution in [0.1, 0.15) is 27.5 Å². The Morgan fingerprint density at radius 1 is 1.05 bits per heavy atom. The molecule has 1 atom stereocenters. The van der Waals surface area contributed by atoms with Crippen molar-refractivity contribution >= 4 is 5.97 Å². The highest BCUT2D eigenvalue weighted by molar-refractivity contribution is 5.87. The topological polar surface area (TPSA) is 49.3 Å². The zero-order valence-electron chi connectivity index (χ0n) is 10.4. The number of aromatic carboxylic acids is 1. The van der Waals surface area contributed by atoms with Crippen LogP contribution in [0.4, 0.5) is 4.39 Å². The van der Waals surface area contributed by atoms with Crippen LogP contribution in [0.3, 0.4) is 0 Å². The molecule has 0 saturated heterocycles. The fraction of sp³-hybridized carbons (Fsp3) is 0.133. The maximum Gasteiger partial charge on any atom is 0.335 e. The van der Waals surface area contributed by atoms with Crippen molar-refractivity contribution in [2.75, 3.05) is 7.05 Å². The first-order valence-electron chi connectivity index (χ1n) is 5.88. The summed E-state index contributed by atoms with van der Waals surface area (Å²) in [6.07, 6.45) is 0. The molecule has 98 valence electrons. The largest absolute Gasteiger partial charge is 0.478 e. The van der Waals surface area contributed by atoms with Gasteiger partial charge in [0.05, 0.1) is 11.6 Å². The van der Waals surface area contributed by atoms with E-state index in [0.717, 1.165) is 11.1 Å². The second kappa shape index (κ2) is 5.63. The third-order valence-corrected chi connectivity index (χ3v) is 2.98. The first kappa shape index (κ1) is 13.2. The predicted molar refractivity (Wildman–Crippen MR) is 70.7 cm³/mol. The van der Waals surface area contributed by atoms with Crippen molar-refractivity contribution in [1.29, 1.82) is 0 Å². The van der Waals surface area contributed by atoms with E-state index in [1.807, 2.05) is 0 Å². The van der Waals surface area contributed by atoms with Crippen LogP contribution < -0.4 is 5.32 Å². The van der Waals surface area contributed by atoms with Gasteiger partial charge in [0.25, 0.3) is 0 Å². The lowest BCUT2D eigenvalue weighted by Gasteiger charge is -2.17. The van der Waals surface area contributed by atoms with Gasteiger partial charge in [0.2, 0.25) is 0 Å². The third-order valence-electron chi connectivity index (χ3n) is 2.98. The molecule has 0 amide bonds. The quantitative estimate of drug-likeness (QED) is 0.887. The molecule has 0 spiro atoms. The maximum atomic E-state index is 12.9. The fourth-order valence-electron chi connectivity index (χ4n) is 2.00. The Hall–Kier alpha value is -2.20. The Kier molecular flexibility index (Phi) is 3.92. The third kappa shape index (κ3) is 2.98. The van der Waals surface area contributed by atoms with Gasteiger partial charge < -0.3 is 10.4 Å². The summed E-state index contributed by atoms with van der Waals surface area (Å²) < 4.78 is 12.9. The molecule has 2 aromatic rings. The van der Waals surface area contributed by atoms with Gasteiger partial charge in [0.15, 0.2) is 0 Å². The SMILES string of the molecule is CNC(c1ccc(F)cc1)c1ccc(C(=O)O)cc1. The van der Waals surface area contributed by atoms with Crippen molar-refractivity contribution < 1.29 is 14.3 Å². The molecule has 1 unspecified atom stereocenters. The summed E-state index contributed by atoms with van der Waals surface area (Å²) in [4.78, 5) is 10.8. The van der Waals surface area contributed by atoms with Crippen LogP contribution >= 0.6 is 0 Å². The van der Waals surface area contributed by atoms with E-state index in [1.54, 1.807) is 43.4 Å². The molecule has 2 aromatic carbocycles. The lowest BCUT2D eigenvalue weighted by atomic mass is 9.98. The Bertz CT molecular complexity index is 564. The van der Waals surface area contributed by atoms with E-state index < -0.39 is 5.97 Å². The molecular weight excluding hydrogens is 245 g/mol. The monoisotopic (exact) mass is 259 g/mol. The number of rotatable bonds is 4. The molecule has 19 heavy (non-hydrogen) atoms. The molecule has 0 aliphatic rings. The molecule has 0 radical (unpaired) electrons. The smallest absolute Gasteiger partial charge is 0.335 e. The second-order valence-electron chi connectivity index (χ2n) is 4.20. The molecule has 4 heteroatoms. The van der Waals surface area contributed by atoms with E-state index >= 15 is 0 Å². The van der Waals surface area contributed by atoms with Gasteiger partial charge in [-0.05, 0) is 42.4 Å². The zero-order valence-corrected chi connectivity index (χ0v) is 10.4. The lowest BCUT2D eigenvalue weighted by molar-refractivity contribution is 0.0697. The van der Waals surface area contributed by atoms with Crippen molar-refractivity contribution in [3.8, 4) is 0 Å². The minimum absolute atomic E-state index is 0.0940. The number of carboxylic acids is 1. The summed E-state index contributed by atoms with van der Waals surface area (Å²) in [5.74, 6) is -1.23. The minimum atomic E-state index is -0.950. The van der Waals surface area contributed by atoms with E-state index in [9.17, 15) is 9.18 Å². The molecule has 0 aliphatic heterocycles. The average molecular weight is 259 g/mol. The van der Waals surface area contributed by atoms with Gasteiger partial charge in [-0.3, -0.25) is 0 Å². The number of halogens is 1.